The van der Waals surface area contributed by atoms with Crippen LogP contribution in [-0.2, 0) is 18.4 Å². The Kier molecular flexibility index (Phi) is 52.1. The van der Waals surface area contributed by atoms with Crippen molar-refractivity contribution in [2.45, 2.75) is 321 Å². The zero-order valence-corrected chi connectivity index (χ0v) is 48.4. The summed E-state index contributed by atoms with van der Waals surface area (Å²) >= 11 is 0. The van der Waals surface area contributed by atoms with Crippen LogP contribution in [-0.4, -0.2) is 68.5 Å². The molecular formula is C61H121N2O6P. The van der Waals surface area contributed by atoms with E-state index in [0.717, 1.165) is 44.9 Å². The number of quaternary nitrogens is 1. The second-order valence-electron chi connectivity index (χ2n) is 22.4. The molecule has 1 amide bonds. The maximum Gasteiger partial charge on any atom is 0.268 e. The molecule has 0 saturated carbocycles. The fourth-order valence-electron chi connectivity index (χ4n) is 9.37. The number of hydrogen-bond donors (Lipinski definition) is 2. The first-order chi connectivity index (χ1) is 34.0. The van der Waals surface area contributed by atoms with Crippen molar-refractivity contribution in [2.75, 3.05) is 40.9 Å². The molecule has 0 heterocycles. The molecule has 0 aliphatic carbocycles. The van der Waals surface area contributed by atoms with E-state index >= 15 is 0 Å². The van der Waals surface area contributed by atoms with Crippen LogP contribution in [0.5, 0.6) is 0 Å². The van der Waals surface area contributed by atoms with Gasteiger partial charge in [-0.3, -0.25) is 9.36 Å². The van der Waals surface area contributed by atoms with E-state index in [1.54, 1.807) is 0 Å². The summed E-state index contributed by atoms with van der Waals surface area (Å²) in [4.78, 5) is 25.6. The first kappa shape index (κ1) is 69.0. The maximum absolute atomic E-state index is 13.0. The molecule has 2 N–H and O–H groups in total. The lowest BCUT2D eigenvalue weighted by molar-refractivity contribution is -0.870. The van der Waals surface area contributed by atoms with E-state index in [-0.39, 0.29) is 19.1 Å². The molecule has 0 radical (unpaired) electrons. The van der Waals surface area contributed by atoms with Gasteiger partial charge in [-0.2, -0.15) is 0 Å². The molecule has 0 rings (SSSR count). The van der Waals surface area contributed by atoms with Gasteiger partial charge in [0.15, 0.2) is 0 Å². The van der Waals surface area contributed by atoms with E-state index in [0.29, 0.717) is 23.9 Å². The molecular weight excluding hydrogens is 888 g/mol. The third-order valence-corrected chi connectivity index (χ3v) is 15.2. The second-order valence-corrected chi connectivity index (χ2v) is 23.8. The van der Waals surface area contributed by atoms with E-state index in [9.17, 15) is 19.4 Å². The van der Waals surface area contributed by atoms with Crippen LogP contribution >= 0.6 is 7.82 Å². The molecule has 0 aliphatic rings. The summed E-state index contributed by atoms with van der Waals surface area (Å²) in [6.45, 7) is 4.75. The third-order valence-electron chi connectivity index (χ3n) is 14.2. The topological polar surface area (TPSA) is 108 Å². The number of nitrogens with zero attached hydrogens (tertiary/aromatic N) is 1. The van der Waals surface area contributed by atoms with E-state index in [4.69, 9.17) is 9.05 Å². The lowest BCUT2D eigenvalue weighted by atomic mass is 10.0. The van der Waals surface area contributed by atoms with Gasteiger partial charge in [0, 0.05) is 6.42 Å². The van der Waals surface area contributed by atoms with Crippen LogP contribution in [0.4, 0.5) is 0 Å². The number of amides is 1. The van der Waals surface area contributed by atoms with Gasteiger partial charge in [-0.15, -0.1) is 0 Å². The number of nitrogens with one attached hydrogen (secondary N) is 1. The number of phosphoric acid groups is 1. The quantitative estimate of drug-likeness (QED) is 0.0272. The molecule has 0 aromatic heterocycles. The number of unbranched alkanes of at least 4 members (excludes halogenated alkanes) is 40. The molecule has 8 nitrogen and oxygen atoms in total. The van der Waals surface area contributed by atoms with Crippen LogP contribution in [0, 0.1) is 0 Å². The summed E-state index contributed by atoms with van der Waals surface area (Å²) in [5, 5.41) is 14.1. The Morgan fingerprint density at radius 2 is 0.829 bits per heavy atom. The average Bonchev–Trinajstić information content (AvgIpc) is 3.32. The lowest BCUT2D eigenvalue weighted by Gasteiger charge is -2.30. The largest absolute Gasteiger partial charge is 0.756 e. The van der Waals surface area contributed by atoms with Gasteiger partial charge in [-0.1, -0.05) is 282 Å². The minimum atomic E-state index is -4.58. The molecule has 3 unspecified atom stereocenters. The van der Waals surface area contributed by atoms with Crippen molar-refractivity contribution in [1.82, 2.24) is 5.32 Å². The Balaban J connectivity index is 4.11. The Morgan fingerprint density at radius 3 is 1.19 bits per heavy atom. The summed E-state index contributed by atoms with van der Waals surface area (Å²) in [5.41, 5.74) is 0. The van der Waals surface area contributed by atoms with Gasteiger partial charge in [0.2, 0.25) is 5.91 Å². The van der Waals surface area contributed by atoms with Gasteiger partial charge in [-0.05, 0) is 44.9 Å². The van der Waals surface area contributed by atoms with E-state index < -0.39 is 20.0 Å². The molecule has 70 heavy (non-hydrogen) atoms. The standard InChI is InChI=1S/C61H121N2O6P/c1-6-8-10-12-14-16-18-20-22-24-26-28-29-30-31-32-33-35-36-38-40-42-44-46-48-50-52-54-60(64)59(58-69-70(66,67)68-57-56-63(3,4)5)62-61(65)55-53-51-49-47-45-43-41-39-37-34-27-25-23-21-19-17-15-13-11-9-7-2/h19,21,25,27,59-60,64H,6-18,20,22-24,26,28-58H2,1-5H3,(H-,62,65,66,67)/b21-19-,27-25-. The molecule has 0 fully saturated rings. The normalized spacial score (nSPS) is 14.0. The minimum absolute atomic E-state index is 0.0126. The summed E-state index contributed by atoms with van der Waals surface area (Å²) in [6.07, 6.45) is 66.5. The summed E-state index contributed by atoms with van der Waals surface area (Å²) in [7, 11) is 1.31. The Labute approximate surface area is 436 Å². The number of allylic oxidation sites excluding steroid dienone is 4. The second kappa shape index (κ2) is 52.8. The number of hydrogen-bond acceptors (Lipinski definition) is 6. The van der Waals surface area contributed by atoms with Gasteiger partial charge in [-0.25, -0.2) is 0 Å². The molecule has 416 valence electrons. The van der Waals surface area contributed by atoms with Crippen molar-refractivity contribution in [2.24, 2.45) is 0 Å². The Morgan fingerprint density at radius 1 is 0.500 bits per heavy atom. The van der Waals surface area contributed by atoms with Crippen molar-refractivity contribution < 1.29 is 32.9 Å². The monoisotopic (exact) mass is 1010 g/mol. The van der Waals surface area contributed by atoms with E-state index in [1.807, 2.05) is 21.1 Å². The summed E-state index contributed by atoms with van der Waals surface area (Å²) in [5.74, 6) is -0.164. The SMILES string of the molecule is CCCCCCC/C=C\C/C=C\CCCCCCCCCCCC(=O)NC(COP(=O)([O-])OCC[N+](C)(C)C)C(O)CCCCCCCCCCCCCCCCCCCCCCCCCCCCC. The van der Waals surface area contributed by atoms with Crippen LogP contribution in [0.15, 0.2) is 24.3 Å². The number of aliphatic hydroxyl groups excluding tert-OH is 1. The van der Waals surface area contributed by atoms with Crippen molar-refractivity contribution in [3.8, 4) is 0 Å². The van der Waals surface area contributed by atoms with Gasteiger partial charge in [0.1, 0.15) is 13.2 Å². The first-order valence-corrected chi connectivity index (χ1v) is 32.1. The number of aliphatic hydroxyl groups is 1. The smallest absolute Gasteiger partial charge is 0.268 e. The minimum Gasteiger partial charge on any atom is -0.756 e. The lowest BCUT2D eigenvalue weighted by Crippen LogP contribution is -2.46. The van der Waals surface area contributed by atoms with Crippen molar-refractivity contribution in [1.29, 1.82) is 0 Å². The Bertz CT molecular complexity index is 1190. The van der Waals surface area contributed by atoms with Crippen molar-refractivity contribution >= 4 is 13.7 Å². The predicted molar refractivity (Wildman–Crippen MR) is 302 cm³/mol. The van der Waals surface area contributed by atoms with E-state index in [2.05, 4.69) is 43.5 Å². The molecule has 0 aliphatic heterocycles. The van der Waals surface area contributed by atoms with Gasteiger partial charge in [0.25, 0.3) is 7.82 Å². The molecule has 9 heteroatoms. The molecule has 0 saturated heterocycles. The fraction of sp³-hybridized carbons (Fsp3) is 0.918. The Hall–Kier alpha value is -1.02. The van der Waals surface area contributed by atoms with Crippen LogP contribution in [0.2, 0.25) is 0 Å². The first-order valence-electron chi connectivity index (χ1n) is 30.7. The third kappa shape index (κ3) is 54.7. The van der Waals surface area contributed by atoms with Gasteiger partial charge >= 0.3 is 0 Å². The van der Waals surface area contributed by atoms with Crippen LogP contribution < -0.4 is 10.2 Å². The highest BCUT2D eigenvalue weighted by Gasteiger charge is 2.24. The number of likely N-dealkylation sites (N-methyl/N-ethyl adjacent to an activating group) is 1. The molecule has 0 aromatic rings. The van der Waals surface area contributed by atoms with Crippen LogP contribution in [0.25, 0.3) is 0 Å². The number of rotatable bonds is 57. The van der Waals surface area contributed by atoms with Gasteiger partial charge < -0.3 is 28.8 Å². The summed E-state index contributed by atoms with van der Waals surface area (Å²) in [6, 6.07) is -0.803. The zero-order chi connectivity index (χ0) is 51.3. The zero-order valence-electron chi connectivity index (χ0n) is 47.5. The summed E-state index contributed by atoms with van der Waals surface area (Å²) < 4.78 is 23.5. The van der Waals surface area contributed by atoms with Crippen LogP contribution in [0.1, 0.15) is 309 Å². The number of phosphoric ester groups is 1. The predicted octanol–water partition coefficient (Wildman–Crippen LogP) is 18.1. The highest BCUT2D eigenvalue weighted by atomic mass is 31.2. The maximum atomic E-state index is 13.0. The van der Waals surface area contributed by atoms with Gasteiger partial charge in [0.05, 0.1) is 39.9 Å². The van der Waals surface area contributed by atoms with Crippen molar-refractivity contribution in [3.05, 3.63) is 24.3 Å². The molecule has 0 bridgehead atoms. The van der Waals surface area contributed by atoms with Crippen LogP contribution in [0.3, 0.4) is 0 Å². The van der Waals surface area contributed by atoms with Crippen molar-refractivity contribution in [3.63, 3.8) is 0 Å². The highest BCUT2D eigenvalue weighted by Crippen LogP contribution is 2.38. The average molecular weight is 1010 g/mol. The van der Waals surface area contributed by atoms with E-state index in [1.165, 1.54) is 238 Å². The number of carbonyl (C=O) groups excluding carboxylic acids is 1. The number of carbonyl (C=O) groups is 1. The molecule has 3 atom stereocenters. The molecule has 0 aromatic carbocycles. The fourth-order valence-corrected chi connectivity index (χ4v) is 10.1. The highest BCUT2D eigenvalue weighted by molar-refractivity contribution is 7.45. The molecule has 0 spiro atoms.